The van der Waals surface area contributed by atoms with Gasteiger partial charge in [0, 0.05) is 18.0 Å². The van der Waals surface area contributed by atoms with Crippen LogP contribution in [-0.2, 0) is 11.2 Å². The van der Waals surface area contributed by atoms with E-state index in [0.29, 0.717) is 0 Å². The molecule has 0 atom stereocenters. The van der Waals surface area contributed by atoms with E-state index < -0.39 is 46.7 Å². The Hall–Kier alpha value is -1.71. The van der Waals surface area contributed by atoms with Crippen molar-refractivity contribution < 1.29 is 54.3 Å². The van der Waals surface area contributed by atoms with E-state index in [2.05, 4.69) is 0 Å². The molecule has 0 fully saturated rings. The second kappa shape index (κ2) is 4.87. The molecule has 0 amide bonds. The van der Waals surface area contributed by atoms with Crippen LogP contribution in [-0.4, -0.2) is 31.5 Å². The molecule has 0 aliphatic heterocycles. The van der Waals surface area contributed by atoms with Crippen LogP contribution in [0.3, 0.4) is 0 Å². The summed E-state index contributed by atoms with van der Waals surface area (Å²) < 4.78 is 0. The van der Waals surface area contributed by atoms with E-state index in [9.17, 15) is 9.90 Å². The summed E-state index contributed by atoms with van der Waals surface area (Å²) in [7, 11) is 0. The molecule has 0 saturated heterocycles. The van der Waals surface area contributed by atoms with E-state index in [-0.39, 0.29) is 18.9 Å². The molecule has 0 bridgehead atoms. The number of phenols is 5. The first-order valence-electron chi connectivity index (χ1n) is 3.73. The molecule has 1 aromatic carbocycles. The van der Waals surface area contributed by atoms with E-state index >= 15 is 0 Å². The third kappa shape index (κ3) is 2.27. The Morgan fingerprint density at radius 1 is 0.875 bits per heavy atom. The van der Waals surface area contributed by atoms with Gasteiger partial charge in [-0.2, -0.15) is 0 Å². The summed E-state index contributed by atoms with van der Waals surface area (Å²) in [6.07, 6.45) is -0.918. The first-order valence-corrected chi connectivity index (χ1v) is 3.73. The van der Waals surface area contributed by atoms with Gasteiger partial charge < -0.3 is 35.4 Å². The van der Waals surface area contributed by atoms with E-state index in [1.54, 1.807) is 0 Å². The number of carboxylic acids is 1. The number of aromatic hydroxyl groups is 5. The van der Waals surface area contributed by atoms with Crippen LogP contribution in [0.1, 0.15) is 5.56 Å². The van der Waals surface area contributed by atoms with Crippen molar-refractivity contribution >= 4 is 5.97 Å². The molecule has 0 spiro atoms. The van der Waals surface area contributed by atoms with Gasteiger partial charge in [0.1, 0.15) is 0 Å². The van der Waals surface area contributed by atoms with Gasteiger partial charge in [-0.15, -0.1) is 0 Å². The molecule has 1 rings (SSSR count). The van der Waals surface area contributed by atoms with Crippen LogP contribution in [0.2, 0.25) is 0 Å². The van der Waals surface area contributed by atoms with Crippen molar-refractivity contribution in [1.29, 1.82) is 0 Å². The molecule has 1 aromatic rings. The quantitative estimate of drug-likeness (QED) is 0.193. The minimum atomic E-state index is -1.63. The number of hydrogen-bond acceptors (Lipinski definition) is 7. The Bertz CT molecular complexity index is 400. The van der Waals surface area contributed by atoms with Gasteiger partial charge in [0.2, 0.25) is 17.2 Å². The number of rotatable bonds is 2. The fraction of sp³-hybridized carbons (Fsp3) is 0.125. The van der Waals surface area contributed by atoms with E-state index in [0.717, 1.165) is 0 Å². The molecular formula is C8H7LiO7. The molecule has 5 N–H and O–H groups in total. The smallest absolute Gasteiger partial charge is 0.550 e. The Morgan fingerprint density at radius 3 is 1.50 bits per heavy atom. The number of carbonyl (C=O) groups excluding carboxylic acids is 1. The summed E-state index contributed by atoms with van der Waals surface area (Å²) >= 11 is 0. The fourth-order valence-corrected chi connectivity index (χ4v) is 1.05. The van der Waals surface area contributed by atoms with Crippen molar-refractivity contribution in [1.82, 2.24) is 0 Å². The number of benzene rings is 1. The average molecular weight is 222 g/mol. The van der Waals surface area contributed by atoms with E-state index in [4.69, 9.17) is 25.5 Å². The third-order valence-electron chi connectivity index (χ3n) is 1.79. The van der Waals surface area contributed by atoms with Gasteiger partial charge in [-0.25, -0.2) is 0 Å². The van der Waals surface area contributed by atoms with Crippen LogP contribution in [0.5, 0.6) is 28.7 Å². The van der Waals surface area contributed by atoms with Gasteiger partial charge in [0.15, 0.2) is 11.5 Å². The van der Waals surface area contributed by atoms with Gasteiger partial charge in [-0.05, 0) is 0 Å². The molecule has 0 aliphatic rings. The van der Waals surface area contributed by atoms with Crippen molar-refractivity contribution in [3.8, 4) is 28.7 Å². The molecule has 82 valence electrons. The number of aliphatic carboxylic acids is 1. The minimum Gasteiger partial charge on any atom is -0.550 e. The molecule has 0 radical (unpaired) electrons. The second-order valence-electron chi connectivity index (χ2n) is 2.77. The average Bonchev–Trinajstić information content (AvgIpc) is 2.18. The van der Waals surface area contributed by atoms with Gasteiger partial charge in [0.05, 0.1) is 0 Å². The molecule has 0 unspecified atom stereocenters. The third-order valence-corrected chi connectivity index (χ3v) is 1.79. The standard InChI is InChI=1S/C8H8O7.Li/c9-3(10)1-2-4(11)6(13)8(15)7(14)5(2)12;/h11-15H,1H2,(H,9,10);/q;+1/p-1. The van der Waals surface area contributed by atoms with Crippen molar-refractivity contribution in [2.45, 2.75) is 6.42 Å². The number of carbonyl (C=O) groups is 1. The molecule has 7 nitrogen and oxygen atoms in total. The Morgan fingerprint density at radius 2 is 1.19 bits per heavy atom. The summed E-state index contributed by atoms with van der Waals surface area (Å²) in [5, 5.41) is 55.5. The Kier molecular flexibility index (Phi) is 4.35. The van der Waals surface area contributed by atoms with Crippen molar-refractivity contribution in [2.75, 3.05) is 0 Å². The number of phenolic OH excluding ortho intramolecular Hbond substituents is 5. The van der Waals surface area contributed by atoms with Crippen molar-refractivity contribution in [3.63, 3.8) is 0 Å². The minimum absolute atomic E-state index is 0. The SMILES string of the molecule is O=C([O-])Cc1c(O)c(O)c(O)c(O)c1O.[Li+]. The number of carboxylic acid groups (broad SMARTS) is 1. The fourth-order valence-electron chi connectivity index (χ4n) is 1.05. The topological polar surface area (TPSA) is 141 Å². The molecular weight excluding hydrogens is 215 g/mol. The van der Waals surface area contributed by atoms with Crippen LogP contribution in [0.4, 0.5) is 0 Å². The summed E-state index contributed by atoms with van der Waals surface area (Å²) in [5.41, 5.74) is -0.636. The zero-order valence-corrected chi connectivity index (χ0v) is 8.26. The van der Waals surface area contributed by atoms with Crippen LogP contribution < -0.4 is 24.0 Å². The summed E-state index contributed by atoms with van der Waals surface area (Å²) in [6, 6.07) is 0. The Balaban J connectivity index is 0.00000225. The zero-order chi connectivity index (χ0) is 11.7. The van der Waals surface area contributed by atoms with E-state index in [1.165, 1.54) is 0 Å². The van der Waals surface area contributed by atoms with Crippen LogP contribution >= 0.6 is 0 Å². The second-order valence-corrected chi connectivity index (χ2v) is 2.77. The van der Waals surface area contributed by atoms with Gasteiger partial charge in [-0.1, -0.05) is 0 Å². The summed E-state index contributed by atoms with van der Waals surface area (Å²) in [4.78, 5) is 10.2. The first kappa shape index (κ1) is 14.3. The van der Waals surface area contributed by atoms with Crippen molar-refractivity contribution in [3.05, 3.63) is 5.56 Å². The normalized spacial score (nSPS) is 9.50. The van der Waals surface area contributed by atoms with Gasteiger partial charge in [0.25, 0.3) is 0 Å². The largest absolute Gasteiger partial charge is 1.00 e. The zero-order valence-electron chi connectivity index (χ0n) is 8.26. The van der Waals surface area contributed by atoms with Crippen molar-refractivity contribution in [2.24, 2.45) is 0 Å². The monoisotopic (exact) mass is 222 g/mol. The Labute approximate surface area is 101 Å². The molecule has 0 heterocycles. The van der Waals surface area contributed by atoms with E-state index in [1.807, 2.05) is 0 Å². The van der Waals surface area contributed by atoms with Gasteiger partial charge in [-0.3, -0.25) is 0 Å². The molecule has 0 saturated carbocycles. The molecule has 8 heteroatoms. The maximum Gasteiger partial charge on any atom is 1.00 e. The van der Waals surface area contributed by atoms with Crippen LogP contribution in [0.15, 0.2) is 0 Å². The molecule has 0 aromatic heterocycles. The summed E-state index contributed by atoms with van der Waals surface area (Å²) in [5.74, 6) is -7.03. The maximum atomic E-state index is 10.2. The maximum absolute atomic E-state index is 10.2. The first-order chi connectivity index (χ1) is 6.86. The molecule has 16 heavy (non-hydrogen) atoms. The van der Waals surface area contributed by atoms with Crippen LogP contribution in [0, 0.1) is 0 Å². The summed E-state index contributed by atoms with van der Waals surface area (Å²) in [6.45, 7) is 0. The predicted octanol–water partition coefficient (Wildman–Crippen LogP) is -4.49. The van der Waals surface area contributed by atoms with Crippen LogP contribution in [0.25, 0.3) is 0 Å². The predicted molar refractivity (Wildman–Crippen MR) is 43.5 cm³/mol. The number of hydrogen-bond donors (Lipinski definition) is 5. The molecule has 0 aliphatic carbocycles. The van der Waals surface area contributed by atoms with Gasteiger partial charge >= 0.3 is 18.9 Å².